The molecule has 0 saturated carbocycles. The van der Waals surface area contributed by atoms with Gasteiger partial charge in [0.1, 0.15) is 53.7 Å². The zero-order chi connectivity index (χ0) is 95.1. The number of aromatic nitrogens is 6. The van der Waals surface area contributed by atoms with E-state index >= 15 is 0 Å². The van der Waals surface area contributed by atoms with Crippen LogP contribution in [0.2, 0.25) is 10.1 Å². The lowest BCUT2D eigenvalue weighted by atomic mass is 10.0. The SMILES string of the molecule is CC(C)(C)CSCOC1C[C@H](n2cc(C#CCNC(=O)C(F)(F)F)c(=O)[nH]c2=O)O[C@@H]1CO.CC(C)(C)CSCOC1C[C@H](n2cc(C#CCNC(=O)C(F)(F)F)c(=O)[nH]c2=O)O[C@@H]1CO[Si](c1ccccc1)(c1ccccc1)C(C)(C)C.CSCOC1C[C@H](n2cc(C#CCNC(=O)C(F)(F)F)c(=O)[nH]c2=O)O[C@@H]1CO[Si](c1ccccc1)(c1ccccc1)C(C)(C)C. The van der Waals surface area contributed by atoms with Crippen LogP contribution >= 0.6 is 35.3 Å². The van der Waals surface area contributed by atoms with Crippen molar-refractivity contribution in [1.82, 2.24) is 44.6 Å². The zero-order valence-electron chi connectivity index (χ0n) is 73.2. The molecule has 129 heavy (non-hydrogen) atoms. The summed E-state index contributed by atoms with van der Waals surface area (Å²) < 4.78 is 166. The van der Waals surface area contributed by atoms with Gasteiger partial charge in [0.15, 0.2) is 0 Å². The van der Waals surface area contributed by atoms with Crippen molar-refractivity contribution in [2.75, 3.05) is 75.0 Å². The summed E-state index contributed by atoms with van der Waals surface area (Å²) in [5, 5.41) is 18.2. The van der Waals surface area contributed by atoms with Crippen LogP contribution < -0.4 is 70.4 Å². The molecule has 0 bridgehead atoms. The molecule has 3 aliphatic heterocycles. The second-order valence-corrected chi connectivity index (χ2v) is 45.7. The number of rotatable bonds is 28. The van der Waals surface area contributed by atoms with Crippen molar-refractivity contribution in [2.24, 2.45) is 10.8 Å². The van der Waals surface area contributed by atoms with Crippen LogP contribution in [-0.2, 0) is 51.7 Å². The second kappa shape index (κ2) is 46.0. The molecule has 3 aromatic heterocycles. The van der Waals surface area contributed by atoms with Gasteiger partial charge in [0.2, 0.25) is 0 Å². The number of nitrogens with one attached hydrogen (secondary N) is 6. The van der Waals surface area contributed by atoms with Crippen molar-refractivity contribution in [2.45, 2.75) is 186 Å². The number of alkyl halides is 9. The third-order valence-electron chi connectivity index (χ3n) is 20.0. The molecule has 3 amide bonds. The smallest absolute Gasteiger partial charge is 0.405 e. The standard InChI is InChI=1S/C36H44F3N3O6SSi.C32H36F3N3O6SSi.C20H26F3N3O6S/c1-34(2,3)23-49-24-46-28-20-30(42-21-25(31(43)41-33(42)45)14-13-19-40-32(44)36(37,38)39)48-29(28)22-47-50(35(4,5)6,26-15-9-7-10-16-26)27-17-11-8-12-18-27;1-31(2,3)46(23-13-7-5-8-14-23,24-15-9-6-10-16-24)43-20-26-25(42-21-45-4)18-27(44-26)38-19-22(28(39)37-30(38)41)12-11-17-36-29(40)32(33,34)35;1-19(2,3)10-33-11-31-13-7-15(32-14(13)9-27)26-8-12(16(28)25-18(26)30)5-4-6-24-17(29)20(21,22)23/h7-12,15-18,21,28-30H,19-20,22-24H2,1-6H3,(H,40,44)(H,41,43,45);5-10,13-16,19,25-27H,17-18,20-21H2,1-4H3,(H,36,40)(H,37,39,41);8,13-15,27H,6-7,9-11H2,1-3H3,(H,24,29)(H,25,28,30)/t28?,29-,30-;25?,26-,27-;13?,14-,15-/m111/s1. The lowest BCUT2D eigenvalue weighted by Gasteiger charge is -2.43. The van der Waals surface area contributed by atoms with Crippen LogP contribution in [0.5, 0.6) is 0 Å². The van der Waals surface area contributed by atoms with Crippen molar-refractivity contribution >= 4 is 90.4 Å². The highest BCUT2D eigenvalue weighted by Crippen LogP contribution is 2.42. The average molecular weight is 1900 g/mol. The Morgan fingerprint density at radius 1 is 0.434 bits per heavy atom. The maximum absolute atomic E-state index is 13.0. The van der Waals surface area contributed by atoms with E-state index in [4.69, 9.17) is 37.3 Å². The Labute approximate surface area is 753 Å². The van der Waals surface area contributed by atoms with Gasteiger partial charge in [-0.05, 0) is 47.9 Å². The molecule has 6 heterocycles. The maximum Gasteiger partial charge on any atom is 0.471 e. The third-order valence-corrected chi connectivity index (χ3v) is 33.1. The van der Waals surface area contributed by atoms with Crippen LogP contribution in [0.25, 0.3) is 0 Å². The molecule has 700 valence electrons. The van der Waals surface area contributed by atoms with Gasteiger partial charge in [-0.1, -0.05) is 240 Å². The van der Waals surface area contributed by atoms with Gasteiger partial charge in [-0.25, -0.2) is 14.4 Å². The van der Waals surface area contributed by atoms with Gasteiger partial charge < -0.3 is 58.3 Å². The van der Waals surface area contributed by atoms with E-state index < -0.39 is 162 Å². The fraction of sp³-hybridized carbons (Fsp3) is 0.489. The van der Waals surface area contributed by atoms with Crippen LogP contribution in [0, 0.1) is 46.4 Å². The summed E-state index contributed by atoms with van der Waals surface area (Å²) in [7, 11) is -5.87. The van der Waals surface area contributed by atoms with Gasteiger partial charge in [-0.3, -0.25) is 57.4 Å². The summed E-state index contributed by atoms with van der Waals surface area (Å²) in [6.45, 7) is 23.7. The molecule has 7 N–H and O–H groups in total. The molecule has 3 fully saturated rings. The summed E-state index contributed by atoms with van der Waals surface area (Å²) >= 11 is 4.72. The number of benzene rings is 4. The topological polar surface area (TPSA) is 346 Å². The van der Waals surface area contributed by atoms with Gasteiger partial charge in [-0.15, -0.1) is 35.3 Å². The first-order chi connectivity index (χ1) is 60.5. The van der Waals surface area contributed by atoms with Crippen molar-refractivity contribution in [3.8, 4) is 35.5 Å². The molecule has 0 spiro atoms. The van der Waals surface area contributed by atoms with Crippen LogP contribution in [-0.4, -0.2) is 198 Å². The number of hydrogen-bond donors (Lipinski definition) is 7. The van der Waals surface area contributed by atoms with Gasteiger partial charge in [0, 0.05) is 49.4 Å². The Balaban J connectivity index is 0.000000244. The molecule has 10 rings (SSSR count). The molecule has 9 atom stereocenters. The molecular weight excluding hydrogens is 1790 g/mol. The Kier molecular flexibility index (Phi) is 37.4. The number of amides is 3. The summed E-state index contributed by atoms with van der Waals surface area (Å²) in [5.74, 6) is 10.5. The zero-order valence-corrected chi connectivity index (χ0v) is 77.7. The molecule has 7 aromatic rings. The predicted octanol–water partition coefficient (Wildman–Crippen LogP) is 8.66. The van der Waals surface area contributed by atoms with E-state index in [2.05, 4.69) is 182 Å². The summed E-state index contributed by atoms with van der Waals surface area (Å²) in [4.78, 5) is 114. The number of halogens is 9. The maximum atomic E-state index is 13.0. The van der Waals surface area contributed by atoms with Crippen LogP contribution in [0.15, 0.2) is 169 Å². The van der Waals surface area contributed by atoms with E-state index in [1.807, 2.05) is 79.1 Å². The van der Waals surface area contributed by atoms with E-state index in [0.29, 0.717) is 17.8 Å². The lowest BCUT2D eigenvalue weighted by molar-refractivity contribution is -0.173. The van der Waals surface area contributed by atoms with Crippen LogP contribution in [0.4, 0.5) is 39.5 Å². The van der Waals surface area contributed by atoms with Crippen LogP contribution in [0.1, 0.15) is 138 Å². The molecule has 27 nitrogen and oxygen atoms in total. The highest BCUT2D eigenvalue weighted by molar-refractivity contribution is 7.99. The Bertz CT molecular complexity index is 5420. The molecule has 4 aromatic carbocycles. The number of hydrogen-bond acceptors (Lipinski definition) is 21. The van der Waals surface area contributed by atoms with E-state index in [9.17, 15) is 87.8 Å². The largest absolute Gasteiger partial charge is 0.471 e. The number of H-pyrrole nitrogens is 3. The van der Waals surface area contributed by atoms with Crippen LogP contribution in [0.3, 0.4) is 0 Å². The number of aliphatic hydroxyl groups excluding tert-OH is 1. The van der Waals surface area contributed by atoms with Gasteiger partial charge in [-0.2, -0.15) is 39.5 Å². The fourth-order valence-electron chi connectivity index (χ4n) is 14.1. The average Bonchev–Trinajstić information content (AvgIpc) is 1.15. The highest BCUT2D eigenvalue weighted by Gasteiger charge is 2.54. The molecule has 41 heteroatoms. The van der Waals surface area contributed by atoms with Crippen molar-refractivity contribution < 1.29 is 96.3 Å². The van der Waals surface area contributed by atoms with Gasteiger partial charge >= 0.3 is 53.3 Å². The monoisotopic (exact) mass is 1900 g/mol. The van der Waals surface area contributed by atoms with E-state index in [0.717, 1.165) is 43.0 Å². The number of nitrogens with zero attached hydrogens (tertiary/aromatic N) is 3. The number of thioether (sulfide) groups is 3. The minimum Gasteiger partial charge on any atom is -0.405 e. The molecule has 0 aliphatic carbocycles. The molecule has 3 saturated heterocycles. The number of carbonyl (C=O) groups is 3. The number of ether oxygens (including phenoxy) is 6. The highest BCUT2D eigenvalue weighted by atomic mass is 32.2. The predicted molar refractivity (Wildman–Crippen MR) is 478 cm³/mol. The van der Waals surface area contributed by atoms with Crippen molar-refractivity contribution in [1.29, 1.82) is 0 Å². The molecule has 3 aliphatic rings. The van der Waals surface area contributed by atoms with Crippen molar-refractivity contribution in [3.05, 3.63) is 219 Å². The minimum absolute atomic E-state index is 0.0880. The molecular formula is C88H106F9N9O18S3Si2. The third kappa shape index (κ3) is 29.5. The summed E-state index contributed by atoms with van der Waals surface area (Å²) in [5.41, 5.74) is -5.11. The van der Waals surface area contributed by atoms with Gasteiger partial charge in [0.05, 0.1) is 75.6 Å². The molecule has 3 unspecified atom stereocenters. The van der Waals surface area contributed by atoms with E-state index in [1.54, 1.807) is 39.5 Å². The van der Waals surface area contributed by atoms with E-state index in [1.165, 1.54) is 33.3 Å². The fourth-order valence-corrected chi connectivity index (χ4v) is 25.5. The number of aliphatic hydroxyl groups is 1. The first kappa shape index (κ1) is 105. The Hall–Kier alpha value is -9.50. The minimum atomic E-state index is -5.06. The quantitative estimate of drug-likeness (QED) is 0.00792. The van der Waals surface area contributed by atoms with Gasteiger partial charge in [0.25, 0.3) is 33.3 Å². The summed E-state index contributed by atoms with van der Waals surface area (Å²) in [6, 6.07) is 40.6. The molecule has 0 radical (unpaired) electrons. The van der Waals surface area contributed by atoms with E-state index in [-0.39, 0.29) is 76.7 Å². The number of aromatic amines is 3. The first-order valence-electron chi connectivity index (χ1n) is 40.7. The first-order valence-corrected chi connectivity index (χ1v) is 48.2. The van der Waals surface area contributed by atoms with Crippen molar-refractivity contribution in [3.63, 3.8) is 0 Å². The normalized spacial score (nSPS) is 19.1. The Morgan fingerprint density at radius 2 is 0.698 bits per heavy atom. The summed E-state index contributed by atoms with van der Waals surface area (Å²) in [6.07, 6.45) is -14.8. The second-order valence-electron chi connectivity index (χ2n) is 34.4. The number of carbonyl (C=O) groups excluding carboxylic acids is 3. The Morgan fingerprint density at radius 3 is 0.946 bits per heavy atom. The lowest BCUT2D eigenvalue weighted by Crippen LogP contribution is -2.67.